The molecule has 0 radical (unpaired) electrons. The highest BCUT2D eigenvalue weighted by molar-refractivity contribution is 6.04. The summed E-state index contributed by atoms with van der Waals surface area (Å²) in [6, 6.07) is 15.4. The fraction of sp³-hybridized carbons (Fsp3) is 0.176. The first-order chi connectivity index (χ1) is 8.43. The van der Waals surface area contributed by atoms with E-state index in [0.717, 1.165) is 0 Å². The maximum absolute atomic E-state index is 2.32. The Hall–Kier alpha value is -1.82. The minimum absolute atomic E-state index is 1.27. The molecular weight excluding hydrogens is 204 g/mol. The first-order valence-electron chi connectivity index (χ1n) is 6.36. The van der Waals surface area contributed by atoms with E-state index >= 15 is 0 Å². The Balaban J connectivity index is 1.87. The third-order valence-corrected chi connectivity index (χ3v) is 3.97. The molecule has 0 aromatic heterocycles. The number of rotatable bonds is 1. The van der Waals surface area contributed by atoms with Crippen molar-refractivity contribution < 1.29 is 0 Å². The zero-order chi connectivity index (χ0) is 11.2. The van der Waals surface area contributed by atoms with Crippen molar-refractivity contribution in [3.63, 3.8) is 0 Å². The monoisotopic (exact) mass is 218 g/mol. The molecule has 0 amide bonds. The van der Waals surface area contributed by atoms with Gasteiger partial charge in [0.1, 0.15) is 0 Å². The molecule has 0 heteroatoms. The minimum Gasteiger partial charge on any atom is -0.0622 e. The summed E-state index contributed by atoms with van der Waals surface area (Å²) in [5, 5.41) is 0. The Morgan fingerprint density at radius 2 is 1.71 bits per heavy atom. The smallest absolute Gasteiger partial charge is 0.00701 e. The van der Waals surface area contributed by atoms with Crippen LogP contribution in [0, 0.1) is 0 Å². The average molecular weight is 218 g/mol. The number of fused-ring (bicyclic) bond motifs is 3. The van der Waals surface area contributed by atoms with Crippen LogP contribution in [-0.4, -0.2) is 0 Å². The molecule has 0 saturated carbocycles. The molecule has 2 aliphatic rings. The highest BCUT2D eigenvalue weighted by Crippen LogP contribution is 2.43. The van der Waals surface area contributed by atoms with E-state index in [-0.39, 0.29) is 0 Å². The number of benzene rings is 2. The largest absolute Gasteiger partial charge is 0.0622 e. The first kappa shape index (κ1) is 9.23. The van der Waals surface area contributed by atoms with Gasteiger partial charge in [-0.05, 0) is 58.7 Å². The van der Waals surface area contributed by atoms with Crippen molar-refractivity contribution in [3.05, 3.63) is 70.3 Å². The Kier molecular flexibility index (Phi) is 1.81. The molecule has 2 aromatic carbocycles. The molecule has 2 aromatic rings. The van der Waals surface area contributed by atoms with Crippen LogP contribution < -0.4 is 0 Å². The predicted molar refractivity (Wildman–Crippen MR) is 71.9 cm³/mol. The molecule has 0 unspecified atom stereocenters. The van der Waals surface area contributed by atoms with Crippen LogP contribution >= 0.6 is 0 Å². The standard InChI is InChI=1S/C17H14/c1-2-5-12(6-3-1)16-11-14-10-9-13-7-4-8-15(13)17(14)16/h1-3,5-6,9-11H,4,7-8H2. The fourth-order valence-electron chi connectivity index (χ4n) is 3.12. The third kappa shape index (κ3) is 1.24. The fourth-order valence-corrected chi connectivity index (χ4v) is 3.12. The van der Waals surface area contributed by atoms with Gasteiger partial charge in [0.25, 0.3) is 0 Å². The van der Waals surface area contributed by atoms with Gasteiger partial charge >= 0.3 is 0 Å². The molecular formula is C17H14. The summed E-state index contributed by atoms with van der Waals surface area (Å²) in [6.07, 6.45) is 6.19. The second-order valence-electron chi connectivity index (χ2n) is 4.95. The summed E-state index contributed by atoms with van der Waals surface area (Å²) in [6.45, 7) is 0. The molecule has 0 aliphatic heterocycles. The molecule has 0 N–H and O–H groups in total. The van der Waals surface area contributed by atoms with Crippen LogP contribution in [0.5, 0.6) is 0 Å². The quantitative estimate of drug-likeness (QED) is 0.577. The lowest BCUT2D eigenvalue weighted by Crippen LogP contribution is -2.05. The molecule has 2 aliphatic carbocycles. The van der Waals surface area contributed by atoms with Crippen molar-refractivity contribution in [1.29, 1.82) is 0 Å². The lowest BCUT2D eigenvalue weighted by atomic mass is 9.80. The van der Waals surface area contributed by atoms with Gasteiger partial charge in [0.15, 0.2) is 0 Å². The molecule has 82 valence electrons. The normalized spacial score (nSPS) is 15.9. The van der Waals surface area contributed by atoms with E-state index in [2.05, 4.69) is 48.5 Å². The maximum atomic E-state index is 2.32. The van der Waals surface area contributed by atoms with Gasteiger partial charge in [-0.25, -0.2) is 0 Å². The Labute approximate surface area is 102 Å². The van der Waals surface area contributed by atoms with E-state index in [1.807, 2.05) is 0 Å². The summed E-state index contributed by atoms with van der Waals surface area (Å²) in [4.78, 5) is 0. The van der Waals surface area contributed by atoms with Crippen molar-refractivity contribution in [1.82, 2.24) is 0 Å². The van der Waals surface area contributed by atoms with E-state index in [4.69, 9.17) is 0 Å². The van der Waals surface area contributed by atoms with Gasteiger partial charge in [0, 0.05) is 0 Å². The number of hydrogen-bond acceptors (Lipinski definition) is 0. The van der Waals surface area contributed by atoms with Crippen molar-refractivity contribution in [2.75, 3.05) is 0 Å². The lowest BCUT2D eigenvalue weighted by molar-refractivity contribution is 0.910. The summed E-state index contributed by atoms with van der Waals surface area (Å²) < 4.78 is 0. The van der Waals surface area contributed by atoms with Gasteiger partial charge in [-0.2, -0.15) is 0 Å². The van der Waals surface area contributed by atoms with E-state index < -0.39 is 0 Å². The second-order valence-corrected chi connectivity index (χ2v) is 4.95. The van der Waals surface area contributed by atoms with E-state index in [1.165, 1.54) is 41.5 Å². The Bertz CT molecular complexity index is 618. The molecule has 0 spiro atoms. The molecule has 17 heavy (non-hydrogen) atoms. The Morgan fingerprint density at radius 1 is 0.824 bits per heavy atom. The molecule has 0 atom stereocenters. The van der Waals surface area contributed by atoms with Crippen LogP contribution in [-0.2, 0) is 12.8 Å². The van der Waals surface area contributed by atoms with Crippen LogP contribution in [0.1, 0.15) is 34.2 Å². The summed E-state index contributed by atoms with van der Waals surface area (Å²) in [7, 11) is 0. The zero-order valence-electron chi connectivity index (χ0n) is 9.74. The molecule has 0 heterocycles. The maximum Gasteiger partial charge on any atom is -0.00701 e. The predicted octanol–water partition coefficient (Wildman–Crippen LogP) is 4.08. The van der Waals surface area contributed by atoms with Crippen molar-refractivity contribution in [3.8, 4) is 0 Å². The van der Waals surface area contributed by atoms with Gasteiger partial charge in [-0.15, -0.1) is 0 Å². The molecule has 4 rings (SSSR count). The van der Waals surface area contributed by atoms with Gasteiger partial charge in [0.2, 0.25) is 0 Å². The Morgan fingerprint density at radius 3 is 2.59 bits per heavy atom. The topological polar surface area (TPSA) is 0 Å². The summed E-state index contributed by atoms with van der Waals surface area (Å²) in [5.74, 6) is 0. The second kappa shape index (κ2) is 3.33. The third-order valence-electron chi connectivity index (χ3n) is 3.97. The average Bonchev–Trinajstić information content (AvgIpc) is 2.78. The summed E-state index contributed by atoms with van der Waals surface area (Å²) in [5.41, 5.74) is 8.96. The molecule has 0 fully saturated rings. The van der Waals surface area contributed by atoms with E-state index in [0.29, 0.717) is 0 Å². The van der Waals surface area contributed by atoms with Crippen molar-refractivity contribution in [2.24, 2.45) is 0 Å². The minimum atomic E-state index is 1.27. The zero-order valence-corrected chi connectivity index (χ0v) is 9.74. The van der Waals surface area contributed by atoms with Crippen molar-refractivity contribution >= 4 is 11.6 Å². The van der Waals surface area contributed by atoms with E-state index in [1.54, 1.807) is 11.1 Å². The number of hydrogen-bond donors (Lipinski definition) is 0. The van der Waals surface area contributed by atoms with Gasteiger partial charge in [-0.3, -0.25) is 0 Å². The first-order valence-corrected chi connectivity index (χ1v) is 6.36. The highest BCUT2D eigenvalue weighted by Gasteiger charge is 2.25. The lowest BCUT2D eigenvalue weighted by Gasteiger charge is -2.24. The van der Waals surface area contributed by atoms with Gasteiger partial charge in [-0.1, -0.05) is 42.5 Å². The number of aryl methyl sites for hydroxylation is 1. The highest BCUT2D eigenvalue weighted by atomic mass is 14.3. The van der Waals surface area contributed by atoms with Gasteiger partial charge in [0.05, 0.1) is 0 Å². The molecule has 0 bridgehead atoms. The van der Waals surface area contributed by atoms with Crippen LogP contribution in [0.2, 0.25) is 0 Å². The van der Waals surface area contributed by atoms with Gasteiger partial charge < -0.3 is 0 Å². The van der Waals surface area contributed by atoms with Crippen molar-refractivity contribution in [2.45, 2.75) is 19.3 Å². The summed E-state index contributed by atoms with van der Waals surface area (Å²) >= 11 is 0. The SMILES string of the molecule is C1=C(c2ccccc2)c2c1ccc1c2CCC1. The van der Waals surface area contributed by atoms with Crippen LogP contribution in [0.25, 0.3) is 11.6 Å². The van der Waals surface area contributed by atoms with Crippen LogP contribution in [0.4, 0.5) is 0 Å². The van der Waals surface area contributed by atoms with Crippen LogP contribution in [0.3, 0.4) is 0 Å². The molecule has 0 nitrogen and oxygen atoms in total. The molecule has 0 saturated heterocycles. The van der Waals surface area contributed by atoms with E-state index in [9.17, 15) is 0 Å². The van der Waals surface area contributed by atoms with Crippen LogP contribution in [0.15, 0.2) is 42.5 Å².